The van der Waals surface area contributed by atoms with E-state index < -0.39 is 6.29 Å². The minimum absolute atomic E-state index is 0.221. The molecule has 6 nitrogen and oxygen atoms in total. The van der Waals surface area contributed by atoms with Gasteiger partial charge in [0.05, 0.1) is 13.0 Å². The number of aliphatic hydroxyl groups excluding tert-OH is 1. The summed E-state index contributed by atoms with van der Waals surface area (Å²) in [5, 5.41) is 20.5. The van der Waals surface area contributed by atoms with E-state index in [1.807, 2.05) is 0 Å². The maximum absolute atomic E-state index is 10.7. The van der Waals surface area contributed by atoms with Crippen LogP contribution in [0.5, 0.6) is 11.5 Å². The van der Waals surface area contributed by atoms with Crippen LogP contribution in [0.3, 0.4) is 0 Å². The quantitative estimate of drug-likeness (QED) is 0.650. The van der Waals surface area contributed by atoms with Crippen molar-refractivity contribution in [2.75, 3.05) is 13.7 Å². The average molecular weight is 253 g/mol. The molecule has 98 valence electrons. The third-order valence-electron chi connectivity index (χ3n) is 3.30. The normalized spacial score (nSPS) is 26.1. The van der Waals surface area contributed by atoms with Crippen molar-refractivity contribution >= 4 is 0 Å². The van der Waals surface area contributed by atoms with E-state index in [2.05, 4.69) is 0 Å². The van der Waals surface area contributed by atoms with Gasteiger partial charge in [-0.3, -0.25) is 10.1 Å². The molecule has 1 aliphatic rings. The maximum Gasteiger partial charge on any atom is 0.211 e. The fourth-order valence-corrected chi connectivity index (χ4v) is 2.19. The molecule has 3 atom stereocenters. The van der Waals surface area contributed by atoms with Gasteiger partial charge in [0.25, 0.3) is 0 Å². The fraction of sp³-hybridized carbons (Fsp3) is 0.500. The van der Waals surface area contributed by atoms with Crippen LogP contribution in [-0.2, 0) is 0 Å². The molecule has 2 rings (SSSR count). The molecule has 1 aromatic carbocycles. The van der Waals surface area contributed by atoms with E-state index in [9.17, 15) is 15.2 Å². The summed E-state index contributed by atoms with van der Waals surface area (Å²) in [6, 6.07) is 5.13. The summed E-state index contributed by atoms with van der Waals surface area (Å²) in [5.74, 6) is 0.364. The van der Waals surface area contributed by atoms with Crippen LogP contribution >= 0.6 is 0 Å². The number of hydrogen-bond acceptors (Lipinski definition) is 5. The van der Waals surface area contributed by atoms with Crippen molar-refractivity contribution in [2.24, 2.45) is 5.92 Å². The first kappa shape index (κ1) is 12.6. The van der Waals surface area contributed by atoms with Crippen LogP contribution in [0, 0.1) is 16.0 Å². The van der Waals surface area contributed by atoms with Gasteiger partial charge in [0.15, 0.2) is 0 Å². The number of ether oxygens (including phenoxy) is 2. The van der Waals surface area contributed by atoms with E-state index >= 15 is 0 Å². The van der Waals surface area contributed by atoms with E-state index in [0.717, 1.165) is 5.56 Å². The van der Waals surface area contributed by atoms with Gasteiger partial charge in [0.2, 0.25) is 12.8 Å². The second kappa shape index (κ2) is 4.81. The Bertz CT molecular complexity index is 462. The molecule has 6 heteroatoms. The van der Waals surface area contributed by atoms with Crippen molar-refractivity contribution in [3.8, 4) is 11.5 Å². The first-order valence-corrected chi connectivity index (χ1v) is 5.67. The molecular formula is C12H15NO5. The van der Waals surface area contributed by atoms with E-state index in [0.29, 0.717) is 11.5 Å². The predicted octanol–water partition coefficient (Wildman–Crippen LogP) is 1.40. The smallest absolute Gasteiger partial charge is 0.211 e. The highest BCUT2D eigenvalue weighted by molar-refractivity contribution is 5.44. The number of benzene rings is 1. The Labute approximate surface area is 104 Å². The number of hydrogen-bond donors (Lipinski definition) is 1. The Hall–Kier alpha value is -1.82. The minimum Gasteiger partial charge on any atom is -0.497 e. The summed E-state index contributed by atoms with van der Waals surface area (Å²) in [7, 11) is 1.53. The minimum atomic E-state index is -1.03. The van der Waals surface area contributed by atoms with Crippen molar-refractivity contribution in [1.82, 2.24) is 0 Å². The van der Waals surface area contributed by atoms with Crippen molar-refractivity contribution in [1.29, 1.82) is 0 Å². The summed E-state index contributed by atoms with van der Waals surface area (Å²) >= 11 is 0. The lowest BCUT2D eigenvalue weighted by Crippen LogP contribution is -2.36. The maximum atomic E-state index is 10.7. The summed E-state index contributed by atoms with van der Waals surface area (Å²) < 4.78 is 10.4. The monoisotopic (exact) mass is 253 g/mol. The Balaban J connectivity index is 2.40. The molecule has 0 saturated carbocycles. The topological polar surface area (TPSA) is 81.8 Å². The van der Waals surface area contributed by atoms with Gasteiger partial charge < -0.3 is 14.6 Å². The molecule has 0 fully saturated rings. The van der Waals surface area contributed by atoms with Crippen LogP contribution in [0.1, 0.15) is 18.4 Å². The van der Waals surface area contributed by atoms with Gasteiger partial charge in [0, 0.05) is 22.5 Å². The van der Waals surface area contributed by atoms with Gasteiger partial charge in [-0.2, -0.15) is 0 Å². The zero-order valence-electron chi connectivity index (χ0n) is 10.2. The fourth-order valence-electron chi connectivity index (χ4n) is 2.19. The lowest BCUT2D eigenvalue weighted by Gasteiger charge is -2.33. The van der Waals surface area contributed by atoms with Crippen molar-refractivity contribution in [2.45, 2.75) is 19.1 Å². The highest BCUT2D eigenvalue weighted by Gasteiger charge is 2.37. The lowest BCUT2D eigenvalue weighted by atomic mass is 9.84. The second-order valence-corrected chi connectivity index (χ2v) is 4.39. The van der Waals surface area contributed by atoms with E-state index in [1.54, 1.807) is 25.1 Å². The van der Waals surface area contributed by atoms with Gasteiger partial charge in [-0.15, -0.1) is 0 Å². The third-order valence-corrected chi connectivity index (χ3v) is 3.30. The Kier molecular flexibility index (Phi) is 3.38. The molecule has 0 amide bonds. The highest BCUT2D eigenvalue weighted by atomic mass is 16.6. The van der Waals surface area contributed by atoms with Crippen LogP contribution in [-0.4, -0.2) is 30.0 Å². The van der Waals surface area contributed by atoms with Crippen LogP contribution in [0.4, 0.5) is 0 Å². The number of nitro groups is 1. The zero-order valence-corrected chi connectivity index (χ0v) is 10.2. The molecule has 3 unspecified atom stereocenters. The standard InChI is InChI=1S/C12H15NO5/c1-7-10(6-13(15)16)9-4-3-8(17-2)5-11(9)18-12(7)14/h3-5,7,10,12,14H,6H2,1-2H3. The van der Waals surface area contributed by atoms with E-state index in [-0.39, 0.29) is 23.3 Å². The molecule has 0 aromatic heterocycles. The molecule has 0 bridgehead atoms. The van der Waals surface area contributed by atoms with Gasteiger partial charge in [-0.1, -0.05) is 13.0 Å². The number of methoxy groups -OCH3 is 1. The zero-order chi connectivity index (χ0) is 13.3. The van der Waals surface area contributed by atoms with Gasteiger partial charge in [0.1, 0.15) is 11.5 Å². The first-order chi connectivity index (χ1) is 8.52. The number of aliphatic hydroxyl groups is 1. The van der Waals surface area contributed by atoms with Crippen molar-refractivity contribution in [3.63, 3.8) is 0 Å². The Morgan fingerprint density at radius 3 is 2.89 bits per heavy atom. The highest BCUT2D eigenvalue weighted by Crippen LogP contribution is 2.41. The van der Waals surface area contributed by atoms with Crippen LogP contribution < -0.4 is 9.47 Å². The van der Waals surface area contributed by atoms with Crippen LogP contribution in [0.2, 0.25) is 0 Å². The SMILES string of the molecule is COc1ccc2c(c1)OC(O)C(C)C2C[N+](=O)[O-]. The van der Waals surface area contributed by atoms with Crippen LogP contribution in [0.15, 0.2) is 18.2 Å². The molecule has 1 N–H and O–H groups in total. The molecule has 0 aliphatic carbocycles. The Morgan fingerprint density at radius 1 is 1.56 bits per heavy atom. The van der Waals surface area contributed by atoms with Gasteiger partial charge >= 0.3 is 0 Å². The molecule has 0 saturated heterocycles. The molecule has 1 heterocycles. The predicted molar refractivity (Wildman–Crippen MR) is 63.4 cm³/mol. The van der Waals surface area contributed by atoms with Crippen LogP contribution in [0.25, 0.3) is 0 Å². The van der Waals surface area contributed by atoms with E-state index in [4.69, 9.17) is 9.47 Å². The summed E-state index contributed by atoms with van der Waals surface area (Å²) in [4.78, 5) is 10.3. The molecular weight excluding hydrogens is 238 g/mol. The largest absolute Gasteiger partial charge is 0.497 e. The van der Waals surface area contributed by atoms with E-state index in [1.165, 1.54) is 7.11 Å². The van der Waals surface area contributed by atoms with Crippen molar-refractivity contribution in [3.05, 3.63) is 33.9 Å². The molecule has 0 radical (unpaired) electrons. The van der Waals surface area contributed by atoms with Gasteiger partial charge in [-0.25, -0.2) is 0 Å². The lowest BCUT2D eigenvalue weighted by molar-refractivity contribution is -0.486. The molecule has 0 spiro atoms. The summed E-state index contributed by atoms with van der Waals surface area (Å²) in [6.07, 6.45) is -1.03. The van der Waals surface area contributed by atoms with Crippen molar-refractivity contribution < 1.29 is 19.5 Å². The first-order valence-electron chi connectivity index (χ1n) is 5.67. The average Bonchev–Trinajstić information content (AvgIpc) is 2.33. The molecule has 1 aliphatic heterocycles. The second-order valence-electron chi connectivity index (χ2n) is 4.39. The summed E-state index contributed by atoms with van der Waals surface area (Å²) in [5.41, 5.74) is 0.741. The third kappa shape index (κ3) is 2.24. The van der Waals surface area contributed by atoms with Gasteiger partial charge in [-0.05, 0) is 6.07 Å². The number of rotatable bonds is 3. The molecule has 18 heavy (non-hydrogen) atoms. The number of nitrogens with zero attached hydrogens (tertiary/aromatic N) is 1. The number of fused-ring (bicyclic) bond motifs is 1. The molecule has 1 aromatic rings. The Morgan fingerprint density at radius 2 is 2.28 bits per heavy atom. The summed E-state index contributed by atoms with van der Waals surface area (Å²) in [6.45, 7) is 1.52.